The van der Waals surface area contributed by atoms with Crippen LogP contribution in [0.1, 0.15) is 142 Å². The van der Waals surface area contributed by atoms with Crippen molar-refractivity contribution in [1.29, 1.82) is 0 Å². The average molecular weight is 813 g/mol. The number of unbranched alkanes of at least 4 members (excludes halogenated alkanes) is 4. The lowest BCUT2D eigenvalue weighted by molar-refractivity contribution is 0.309. The van der Waals surface area contributed by atoms with Crippen LogP contribution in [0.4, 0.5) is 0 Å². The molecule has 0 amide bonds. The fourth-order valence-corrected chi connectivity index (χ4v) is 8.11. The molecule has 6 rings (SSSR count). The van der Waals surface area contributed by atoms with Gasteiger partial charge in [-0.05, 0) is 176 Å². The van der Waals surface area contributed by atoms with E-state index in [1.165, 1.54) is 93.3 Å². The summed E-state index contributed by atoms with van der Waals surface area (Å²) in [6.07, 6.45) is 11.3. The summed E-state index contributed by atoms with van der Waals surface area (Å²) in [6.45, 7) is 21.8. The van der Waals surface area contributed by atoms with E-state index in [-0.39, 0.29) is 5.41 Å². The summed E-state index contributed by atoms with van der Waals surface area (Å²) in [4.78, 5) is 0. The highest BCUT2D eigenvalue weighted by Gasteiger charge is 2.17. The van der Waals surface area contributed by atoms with Crippen LogP contribution < -0.4 is 9.47 Å². The van der Waals surface area contributed by atoms with Gasteiger partial charge in [-0.25, -0.2) is 0 Å². The minimum absolute atomic E-state index is 0.0685. The molecule has 0 bridgehead atoms. The van der Waals surface area contributed by atoms with Crippen LogP contribution in [-0.2, 0) is 18.3 Å². The number of aryl methyl sites for hydroxylation is 2. The van der Waals surface area contributed by atoms with Crippen molar-refractivity contribution >= 4 is 0 Å². The van der Waals surface area contributed by atoms with E-state index in [2.05, 4.69) is 184 Å². The van der Waals surface area contributed by atoms with Gasteiger partial charge in [0.1, 0.15) is 11.5 Å². The van der Waals surface area contributed by atoms with Gasteiger partial charge in [0, 0.05) is 0 Å². The highest BCUT2D eigenvalue weighted by Crippen LogP contribution is 2.40. The molecular weight excluding hydrogens is 741 g/mol. The third-order valence-electron chi connectivity index (χ3n) is 11.9. The monoisotopic (exact) mass is 813 g/mol. The first kappa shape index (κ1) is 45.4. The van der Waals surface area contributed by atoms with Crippen LogP contribution in [0.3, 0.4) is 0 Å². The van der Waals surface area contributed by atoms with Crippen LogP contribution >= 0.6 is 0 Å². The smallest absolute Gasteiger partial charge is 0.120 e. The molecule has 0 radical (unpaired) electrons. The maximum Gasteiger partial charge on any atom is 0.120 e. The highest BCUT2D eigenvalue weighted by molar-refractivity contribution is 5.83. The van der Waals surface area contributed by atoms with Crippen molar-refractivity contribution in [3.05, 3.63) is 144 Å². The third-order valence-corrected chi connectivity index (χ3v) is 11.9. The summed E-state index contributed by atoms with van der Waals surface area (Å²) in [6, 6.07) is 46.3. The third kappa shape index (κ3) is 12.5. The van der Waals surface area contributed by atoms with E-state index >= 15 is 0 Å². The van der Waals surface area contributed by atoms with E-state index < -0.39 is 0 Å². The van der Waals surface area contributed by atoms with Gasteiger partial charge in [-0.1, -0.05) is 161 Å². The van der Waals surface area contributed by atoms with Crippen LogP contribution in [0.25, 0.3) is 55.6 Å². The standard InChI is InChI=1S/C59H72O2/c1-10-14-17-21-44-29-48(45-23-18-22-43(28-45)20-15-11-2)33-49(30-44)52-35-54(40-57(38-52)60-26-13-4)55-36-53(39-58(41-55)61-27-16-12-3)51-32-47(42(5)6)31-50(34-51)46-24-19-25-56(37-46)59(7,8)9/h18-19,22-25,28-42H,10-17,20-21,26-27H2,1-9H3. The summed E-state index contributed by atoms with van der Waals surface area (Å²) in [5, 5.41) is 0. The zero-order valence-corrected chi connectivity index (χ0v) is 38.9. The summed E-state index contributed by atoms with van der Waals surface area (Å²) < 4.78 is 13.0. The van der Waals surface area contributed by atoms with Crippen molar-refractivity contribution in [1.82, 2.24) is 0 Å². The molecule has 320 valence electrons. The Kier molecular flexibility index (Phi) is 16.1. The largest absolute Gasteiger partial charge is 0.494 e. The number of benzene rings is 6. The Labute approximate surface area is 369 Å². The molecule has 0 aliphatic heterocycles. The molecule has 0 aliphatic carbocycles. The van der Waals surface area contributed by atoms with Gasteiger partial charge in [0.2, 0.25) is 0 Å². The van der Waals surface area contributed by atoms with E-state index in [9.17, 15) is 0 Å². The van der Waals surface area contributed by atoms with Crippen LogP contribution in [-0.4, -0.2) is 13.2 Å². The van der Waals surface area contributed by atoms with Gasteiger partial charge >= 0.3 is 0 Å². The van der Waals surface area contributed by atoms with Gasteiger partial charge < -0.3 is 9.47 Å². The summed E-state index contributed by atoms with van der Waals surface area (Å²) in [5.74, 6) is 2.18. The zero-order chi connectivity index (χ0) is 43.4. The maximum atomic E-state index is 6.56. The molecule has 0 aliphatic rings. The predicted octanol–water partition coefficient (Wildman–Crippen LogP) is 17.5. The number of ether oxygens (including phenoxy) is 2. The quantitative estimate of drug-likeness (QED) is 0.0715. The highest BCUT2D eigenvalue weighted by atomic mass is 16.5. The average Bonchev–Trinajstić information content (AvgIpc) is 3.27. The number of hydrogen-bond donors (Lipinski definition) is 0. The zero-order valence-electron chi connectivity index (χ0n) is 38.9. The maximum absolute atomic E-state index is 6.56. The molecule has 0 saturated heterocycles. The van der Waals surface area contributed by atoms with Gasteiger partial charge in [-0.3, -0.25) is 0 Å². The lowest BCUT2D eigenvalue weighted by Gasteiger charge is -2.20. The molecule has 2 nitrogen and oxygen atoms in total. The number of rotatable bonds is 20. The first-order valence-electron chi connectivity index (χ1n) is 23.5. The van der Waals surface area contributed by atoms with Crippen LogP contribution in [0.5, 0.6) is 11.5 Å². The molecule has 0 saturated carbocycles. The number of hydrogen-bond acceptors (Lipinski definition) is 2. The molecular formula is C59H72O2. The van der Waals surface area contributed by atoms with Crippen molar-refractivity contribution in [2.45, 2.75) is 138 Å². The molecule has 6 aromatic rings. The lowest BCUT2D eigenvalue weighted by atomic mass is 9.84. The second-order valence-electron chi connectivity index (χ2n) is 18.6. The van der Waals surface area contributed by atoms with E-state index in [1.54, 1.807) is 0 Å². The topological polar surface area (TPSA) is 18.5 Å². The normalized spacial score (nSPS) is 11.6. The van der Waals surface area contributed by atoms with Gasteiger partial charge in [0.25, 0.3) is 0 Å². The van der Waals surface area contributed by atoms with E-state index in [4.69, 9.17) is 9.47 Å². The second kappa shape index (κ2) is 21.6. The Morgan fingerprint density at radius 1 is 0.410 bits per heavy atom. The fraction of sp³-hybridized carbons (Fsp3) is 0.390. The Bertz CT molecular complexity index is 2340. The predicted molar refractivity (Wildman–Crippen MR) is 264 cm³/mol. The Morgan fingerprint density at radius 3 is 1.41 bits per heavy atom. The van der Waals surface area contributed by atoms with Gasteiger partial charge in [0.15, 0.2) is 0 Å². The second-order valence-corrected chi connectivity index (χ2v) is 18.6. The Hall–Kier alpha value is -5.08. The van der Waals surface area contributed by atoms with Crippen LogP contribution in [0.2, 0.25) is 0 Å². The SMILES string of the molecule is CCCCCc1cc(-c2cccc(CCCC)c2)cc(-c2cc(OCCC)cc(-c3cc(OCCCC)cc(-c4cc(-c5cccc(C(C)(C)C)c5)cc(C(C)C)c4)c3)c2)c1. The molecule has 0 aromatic heterocycles. The minimum atomic E-state index is 0.0685. The molecule has 0 N–H and O–H groups in total. The first-order chi connectivity index (χ1) is 29.5. The van der Waals surface area contributed by atoms with E-state index in [1.807, 2.05) is 0 Å². The van der Waals surface area contributed by atoms with Crippen LogP contribution in [0, 0.1) is 0 Å². The van der Waals surface area contributed by atoms with Crippen molar-refractivity contribution in [2.75, 3.05) is 13.2 Å². The van der Waals surface area contributed by atoms with Crippen molar-refractivity contribution in [2.24, 2.45) is 0 Å². The van der Waals surface area contributed by atoms with Crippen molar-refractivity contribution in [3.8, 4) is 67.1 Å². The van der Waals surface area contributed by atoms with Gasteiger partial charge in [0.05, 0.1) is 13.2 Å². The molecule has 0 fully saturated rings. The molecule has 61 heavy (non-hydrogen) atoms. The first-order valence-corrected chi connectivity index (χ1v) is 23.5. The molecule has 0 unspecified atom stereocenters. The van der Waals surface area contributed by atoms with Gasteiger partial charge in [-0.2, -0.15) is 0 Å². The van der Waals surface area contributed by atoms with Crippen molar-refractivity contribution < 1.29 is 9.47 Å². The Morgan fingerprint density at radius 2 is 0.869 bits per heavy atom. The minimum Gasteiger partial charge on any atom is -0.494 e. The molecule has 6 aromatic carbocycles. The Balaban J connectivity index is 1.51. The van der Waals surface area contributed by atoms with Crippen molar-refractivity contribution in [3.63, 3.8) is 0 Å². The van der Waals surface area contributed by atoms with E-state index in [0.717, 1.165) is 60.3 Å². The molecule has 0 heterocycles. The summed E-state index contributed by atoms with van der Waals surface area (Å²) >= 11 is 0. The summed E-state index contributed by atoms with van der Waals surface area (Å²) in [7, 11) is 0. The molecule has 2 heteroatoms. The van der Waals surface area contributed by atoms with E-state index in [0.29, 0.717) is 19.1 Å². The molecule has 0 atom stereocenters. The lowest BCUT2D eigenvalue weighted by Crippen LogP contribution is -2.10. The van der Waals surface area contributed by atoms with Gasteiger partial charge in [-0.15, -0.1) is 0 Å². The fourth-order valence-electron chi connectivity index (χ4n) is 8.11. The summed E-state index contributed by atoms with van der Waals surface area (Å²) in [5.41, 5.74) is 17.6. The molecule has 0 spiro atoms. The van der Waals surface area contributed by atoms with Crippen LogP contribution in [0.15, 0.2) is 121 Å².